The maximum Gasteiger partial charge on any atom is -0.000741 e. The van der Waals surface area contributed by atoms with Crippen molar-refractivity contribution in [3.05, 3.63) is 169 Å². The minimum absolute atomic E-state index is 1.25. The van der Waals surface area contributed by atoms with Crippen LogP contribution in [0.4, 0.5) is 0 Å². The van der Waals surface area contributed by atoms with E-state index in [-0.39, 0.29) is 0 Å². The van der Waals surface area contributed by atoms with Crippen LogP contribution in [-0.4, -0.2) is 0 Å². The summed E-state index contributed by atoms with van der Waals surface area (Å²) in [7, 11) is 0. The molecule has 0 bridgehead atoms. The number of fused-ring (bicyclic) bond motifs is 7. The van der Waals surface area contributed by atoms with Crippen molar-refractivity contribution in [3.8, 4) is 77.9 Å². The van der Waals surface area contributed by atoms with E-state index in [9.17, 15) is 0 Å². The Morgan fingerprint density at radius 3 is 1.31 bits per heavy atom. The molecule has 0 amide bonds. The number of hydrogen-bond donors (Lipinski definition) is 0. The van der Waals surface area contributed by atoms with Crippen LogP contribution in [0.2, 0.25) is 0 Å². The van der Waals surface area contributed by atoms with Crippen molar-refractivity contribution < 1.29 is 0 Å². The first-order valence-electron chi connectivity index (χ1n) is 17.2. The monoisotopic (exact) mass is 618 g/mol. The number of rotatable bonds is 3. The van der Waals surface area contributed by atoms with E-state index < -0.39 is 0 Å². The number of aryl methyl sites for hydroxylation is 1. The van der Waals surface area contributed by atoms with Gasteiger partial charge < -0.3 is 0 Å². The number of benzene rings is 9. The first kappa shape index (κ1) is 26.8. The van der Waals surface area contributed by atoms with Crippen molar-refractivity contribution in [2.24, 2.45) is 0 Å². The fourth-order valence-electron chi connectivity index (χ4n) is 9.05. The van der Waals surface area contributed by atoms with Crippen molar-refractivity contribution in [1.82, 2.24) is 0 Å². The van der Waals surface area contributed by atoms with Gasteiger partial charge in [0.1, 0.15) is 0 Å². The molecule has 0 nitrogen and oxygen atoms in total. The fraction of sp³-hybridized carbons (Fsp3) is 0.0204. The lowest BCUT2D eigenvalue weighted by Crippen LogP contribution is -1.93. The molecule has 0 heterocycles. The summed E-state index contributed by atoms with van der Waals surface area (Å²) in [4.78, 5) is 0. The lowest BCUT2D eigenvalue weighted by atomic mass is 9.82. The van der Waals surface area contributed by atoms with E-state index in [4.69, 9.17) is 0 Å². The Hall–Kier alpha value is -6.24. The SMILES string of the molecule is Cc1ccc2c(c1)-c1cccc3c(-c4ccc5c6c(cccc46)-c4c-5c(-c5ccccc5)c5ccccc5c4-c4ccccc4)ccc-2c13. The molecule has 0 atom stereocenters. The van der Waals surface area contributed by atoms with E-state index in [1.165, 1.54) is 116 Å². The summed E-state index contributed by atoms with van der Waals surface area (Å²) >= 11 is 0. The minimum atomic E-state index is 1.25. The Morgan fingerprint density at radius 2 is 0.694 bits per heavy atom. The van der Waals surface area contributed by atoms with Crippen LogP contribution >= 0.6 is 0 Å². The summed E-state index contributed by atoms with van der Waals surface area (Å²) in [6, 6.07) is 61.2. The van der Waals surface area contributed by atoms with Crippen LogP contribution in [0.5, 0.6) is 0 Å². The summed E-state index contributed by atoms with van der Waals surface area (Å²) in [5, 5.41) is 7.93. The van der Waals surface area contributed by atoms with Gasteiger partial charge in [-0.25, -0.2) is 0 Å². The van der Waals surface area contributed by atoms with Crippen molar-refractivity contribution in [2.45, 2.75) is 6.92 Å². The summed E-state index contributed by atoms with van der Waals surface area (Å²) in [6.07, 6.45) is 0. The van der Waals surface area contributed by atoms with E-state index >= 15 is 0 Å². The zero-order chi connectivity index (χ0) is 32.2. The van der Waals surface area contributed by atoms with Crippen molar-refractivity contribution in [1.29, 1.82) is 0 Å². The van der Waals surface area contributed by atoms with Gasteiger partial charge in [0.15, 0.2) is 0 Å². The summed E-state index contributed by atoms with van der Waals surface area (Å²) < 4.78 is 0. The van der Waals surface area contributed by atoms with Gasteiger partial charge >= 0.3 is 0 Å². The van der Waals surface area contributed by atoms with Crippen LogP contribution in [0.3, 0.4) is 0 Å². The third kappa shape index (κ3) is 3.58. The molecule has 9 aromatic carbocycles. The average molecular weight is 619 g/mol. The van der Waals surface area contributed by atoms with Gasteiger partial charge in [-0.15, -0.1) is 0 Å². The molecule has 49 heavy (non-hydrogen) atoms. The lowest BCUT2D eigenvalue weighted by Gasteiger charge is -2.20. The Balaban J connectivity index is 1.25. The summed E-state index contributed by atoms with van der Waals surface area (Å²) in [5.74, 6) is 0. The van der Waals surface area contributed by atoms with Gasteiger partial charge in [-0.1, -0.05) is 169 Å². The summed E-state index contributed by atoms with van der Waals surface area (Å²) in [6.45, 7) is 2.19. The fourth-order valence-corrected chi connectivity index (χ4v) is 9.05. The normalized spacial score (nSPS) is 12.2. The first-order valence-corrected chi connectivity index (χ1v) is 17.2. The highest BCUT2D eigenvalue weighted by Gasteiger charge is 2.31. The second-order valence-electron chi connectivity index (χ2n) is 13.6. The highest BCUT2D eigenvalue weighted by molar-refractivity contribution is 6.29. The van der Waals surface area contributed by atoms with E-state index in [1.54, 1.807) is 0 Å². The minimum Gasteiger partial charge on any atom is -0.0622 e. The zero-order valence-electron chi connectivity index (χ0n) is 27.1. The Bertz CT molecular complexity index is 2760. The Labute approximate surface area is 285 Å². The molecule has 0 saturated carbocycles. The molecule has 0 unspecified atom stereocenters. The van der Waals surface area contributed by atoms with E-state index in [1.807, 2.05) is 0 Å². The van der Waals surface area contributed by atoms with E-state index in [0.29, 0.717) is 0 Å². The first-order chi connectivity index (χ1) is 24.3. The van der Waals surface area contributed by atoms with Gasteiger partial charge in [0.05, 0.1) is 0 Å². The Morgan fingerprint density at radius 1 is 0.265 bits per heavy atom. The van der Waals surface area contributed by atoms with Gasteiger partial charge in [-0.3, -0.25) is 0 Å². The molecule has 0 heteroatoms. The van der Waals surface area contributed by atoms with Crippen LogP contribution in [0.25, 0.3) is 110 Å². The van der Waals surface area contributed by atoms with Crippen LogP contribution in [0.1, 0.15) is 5.56 Å². The summed E-state index contributed by atoms with van der Waals surface area (Å²) in [5.41, 5.74) is 19.7. The topological polar surface area (TPSA) is 0 Å². The zero-order valence-corrected chi connectivity index (χ0v) is 27.1. The molecule has 9 aromatic rings. The van der Waals surface area contributed by atoms with E-state index in [2.05, 4.69) is 171 Å². The highest BCUT2D eigenvalue weighted by atomic mass is 14.3. The van der Waals surface area contributed by atoms with Gasteiger partial charge in [0, 0.05) is 0 Å². The predicted molar refractivity (Wildman–Crippen MR) is 209 cm³/mol. The van der Waals surface area contributed by atoms with Gasteiger partial charge in [0.2, 0.25) is 0 Å². The molecule has 0 N–H and O–H groups in total. The smallest absolute Gasteiger partial charge is 0.000741 e. The largest absolute Gasteiger partial charge is 0.0622 e. The van der Waals surface area contributed by atoms with E-state index in [0.717, 1.165) is 0 Å². The quantitative estimate of drug-likeness (QED) is 0.185. The number of hydrogen-bond acceptors (Lipinski definition) is 0. The van der Waals surface area contributed by atoms with Gasteiger partial charge in [-0.05, 0) is 117 Å². The Kier molecular flexibility index (Phi) is 5.41. The molecule has 0 aliphatic heterocycles. The van der Waals surface area contributed by atoms with Crippen LogP contribution in [-0.2, 0) is 0 Å². The molecular weight excluding hydrogens is 589 g/mol. The van der Waals surface area contributed by atoms with Gasteiger partial charge in [-0.2, -0.15) is 0 Å². The molecule has 0 aromatic heterocycles. The molecule has 2 aliphatic rings. The average Bonchev–Trinajstić information content (AvgIpc) is 3.66. The molecule has 0 saturated heterocycles. The second kappa shape index (κ2) is 9.89. The highest BCUT2D eigenvalue weighted by Crippen LogP contribution is 2.59. The van der Waals surface area contributed by atoms with Crippen LogP contribution in [0, 0.1) is 6.92 Å². The molecule has 226 valence electrons. The standard InChI is InChI=1S/C49H30/c1-29-22-23-34-40-26-24-32(35-18-10-20-39(46(35)40)43(34)28-29)33-25-27-42-47-36(33)19-11-21-41(47)48-44(30-12-4-2-5-13-30)37-16-8-9-17-38(37)45(49(42)48)31-14-6-3-7-15-31/h2-28H,1H3. The molecule has 0 fully saturated rings. The van der Waals surface area contributed by atoms with Crippen molar-refractivity contribution in [3.63, 3.8) is 0 Å². The molecule has 2 aliphatic carbocycles. The van der Waals surface area contributed by atoms with Gasteiger partial charge in [0.25, 0.3) is 0 Å². The lowest BCUT2D eigenvalue weighted by molar-refractivity contribution is 1.48. The molecule has 0 radical (unpaired) electrons. The predicted octanol–water partition coefficient (Wildman–Crippen LogP) is 13.8. The molecule has 11 rings (SSSR count). The van der Waals surface area contributed by atoms with Crippen molar-refractivity contribution >= 4 is 32.3 Å². The van der Waals surface area contributed by atoms with Crippen LogP contribution < -0.4 is 0 Å². The molecular formula is C49H30. The maximum absolute atomic E-state index is 2.41. The maximum atomic E-state index is 2.41. The second-order valence-corrected chi connectivity index (χ2v) is 13.6. The third-order valence-corrected chi connectivity index (χ3v) is 11.0. The van der Waals surface area contributed by atoms with Crippen LogP contribution in [0.15, 0.2) is 164 Å². The van der Waals surface area contributed by atoms with Crippen molar-refractivity contribution in [2.75, 3.05) is 0 Å². The molecule has 0 spiro atoms. The third-order valence-electron chi connectivity index (χ3n) is 11.0.